The van der Waals surface area contributed by atoms with Gasteiger partial charge in [0.25, 0.3) is 0 Å². The molecule has 0 saturated carbocycles. The van der Waals surface area contributed by atoms with Gasteiger partial charge in [-0.05, 0) is 36.6 Å². The molecule has 2 nitrogen and oxygen atoms in total. The molecular formula is C14H20N2. The number of rotatable bonds is 3. The summed E-state index contributed by atoms with van der Waals surface area (Å²) in [6, 6.07) is 8.53. The Morgan fingerprint density at radius 3 is 2.69 bits per heavy atom. The summed E-state index contributed by atoms with van der Waals surface area (Å²) in [4.78, 5) is 0. The van der Waals surface area contributed by atoms with Crippen molar-refractivity contribution in [2.75, 3.05) is 6.54 Å². The molecule has 16 heavy (non-hydrogen) atoms. The molecule has 86 valence electrons. The van der Waals surface area contributed by atoms with Gasteiger partial charge in [0.15, 0.2) is 0 Å². The first-order valence-electron chi connectivity index (χ1n) is 5.91. The maximum absolute atomic E-state index is 5.91. The predicted octanol–water partition coefficient (Wildman–Crippen LogP) is 2.95. The Bertz CT molecular complexity index is 482. The molecule has 0 aliphatic heterocycles. The van der Waals surface area contributed by atoms with Gasteiger partial charge < -0.3 is 10.1 Å². The zero-order valence-corrected chi connectivity index (χ0v) is 10.3. The summed E-state index contributed by atoms with van der Waals surface area (Å²) < 4.78 is 2.27. The van der Waals surface area contributed by atoms with E-state index in [1.165, 1.54) is 16.8 Å². The van der Waals surface area contributed by atoms with E-state index in [-0.39, 0.29) is 0 Å². The number of nitrogens with zero attached hydrogens (tertiary/aromatic N) is 1. The number of hydrogen-bond donors (Lipinski definition) is 1. The highest BCUT2D eigenvalue weighted by atomic mass is 14.9. The van der Waals surface area contributed by atoms with E-state index in [9.17, 15) is 0 Å². The molecule has 0 radical (unpaired) electrons. The first kappa shape index (κ1) is 11.2. The van der Waals surface area contributed by atoms with Crippen LogP contribution in [-0.2, 0) is 0 Å². The Labute approximate surface area is 97.1 Å². The van der Waals surface area contributed by atoms with E-state index in [1.807, 2.05) is 0 Å². The predicted molar refractivity (Wildman–Crippen MR) is 68.8 cm³/mol. The number of fused-ring (bicyclic) bond motifs is 1. The number of pyridine rings is 1. The van der Waals surface area contributed by atoms with Crippen molar-refractivity contribution in [3.05, 3.63) is 41.7 Å². The van der Waals surface area contributed by atoms with Crippen molar-refractivity contribution in [2.45, 2.75) is 26.7 Å². The third-order valence-electron chi connectivity index (χ3n) is 3.33. The topological polar surface area (TPSA) is 30.4 Å². The number of hydrogen-bond acceptors (Lipinski definition) is 1. The summed E-state index contributed by atoms with van der Waals surface area (Å²) in [6.07, 6.45) is 2.13. The van der Waals surface area contributed by atoms with Gasteiger partial charge >= 0.3 is 0 Å². The molecular weight excluding hydrogens is 196 g/mol. The zero-order valence-electron chi connectivity index (χ0n) is 10.3. The average Bonchev–Trinajstić information content (AvgIpc) is 2.57. The molecule has 0 aliphatic rings. The van der Waals surface area contributed by atoms with Crippen LogP contribution in [0.2, 0.25) is 0 Å². The van der Waals surface area contributed by atoms with Crippen molar-refractivity contribution in [1.82, 2.24) is 4.40 Å². The Morgan fingerprint density at radius 1 is 1.31 bits per heavy atom. The minimum atomic E-state index is 0.435. The highest BCUT2D eigenvalue weighted by molar-refractivity contribution is 5.54. The summed E-state index contributed by atoms with van der Waals surface area (Å²) >= 11 is 0. The molecule has 2 heteroatoms. The van der Waals surface area contributed by atoms with Gasteiger partial charge in [0, 0.05) is 29.9 Å². The lowest BCUT2D eigenvalue weighted by molar-refractivity contribution is 0.491. The summed E-state index contributed by atoms with van der Waals surface area (Å²) in [5.41, 5.74) is 9.88. The fraction of sp³-hybridized carbons (Fsp3) is 0.429. The second kappa shape index (κ2) is 4.30. The van der Waals surface area contributed by atoms with Crippen LogP contribution < -0.4 is 5.73 Å². The van der Waals surface area contributed by atoms with E-state index in [4.69, 9.17) is 5.73 Å². The lowest BCUT2D eigenvalue weighted by Crippen LogP contribution is -2.20. The normalized spacial score (nSPS) is 13.6. The van der Waals surface area contributed by atoms with E-state index < -0.39 is 0 Å². The summed E-state index contributed by atoms with van der Waals surface area (Å²) in [5, 5.41) is 0. The Balaban J connectivity index is 2.62. The number of aromatic nitrogens is 1. The molecule has 0 aromatic carbocycles. The van der Waals surface area contributed by atoms with Crippen LogP contribution in [0.1, 0.15) is 31.0 Å². The highest BCUT2D eigenvalue weighted by Crippen LogP contribution is 2.28. The van der Waals surface area contributed by atoms with E-state index in [2.05, 4.69) is 55.6 Å². The van der Waals surface area contributed by atoms with Gasteiger partial charge in [0.1, 0.15) is 0 Å². The van der Waals surface area contributed by atoms with E-state index in [1.54, 1.807) is 0 Å². The van der Waals surface area contributed by atoms with Crippen molar-refractivity contribution in [3.8, 4) is 0 Å². The van der Waals surface area contributed by atoms with Gasteiger partial charge in [0.05, 0.1) is 0 Å². The third kappa shape index (κ3) is 1.74. The largest absolute Gasteiger partial charge is 0.330 e. The highest BCUT2D eigenvalue weighted by Gasteiger charge is 2.19. The lowest BCUT2D eigenvalue weighted by Gasteiger charge is -2.20. The van der Waals surface area contributed by atoms with Crippen LogP contribution >= 0.6 is 0 Å². The van der Waals surface area contributed by atoms with Gasteiger partial charge in [-0.3, -0.25) is 0 Å². The minimum Gasteiger partial charge on any atom is -0.330 e. The molecule has 0 bridgehead atoms. The molecule has 0 saturated heterocycles. The average molecular weight is 216 g/mol. The van der Waals surface area contributed by atoms with Gasteiger partial charge in [-0.25, -0.2) is 0 Å². The van der Waals surface area contributed by atoms with Crippen molar-refractivity contribution in [1.29, 1.82) is 0 Å². The van der Waals surface area contributed by atoms with E-state index in [0.29, 0.717) is 18.4 Å². The van der Waals surface area contributed by atoms with Crippen LogP contribution in [-0.4, -0.2) is 10.9 Å². The van der Waals surface area contributed by atoms with E-state index in [0.717, 1.165) is 0 Å². The second-order valence-corrected chi connectivity index (χ2v) is 4.79. The molecule has 2 aromatic rings. The fourth-order valence-corrected chi connectivity index (χ4v) is 2.45. The van der Waals surface area contributed by atoms with Gasteiger partial charge in [-0.1, -0.05) is 19.9 Å². The van der Waals surface area contributed by atoms with Gasteiger partial charge in [0.2, 0.25) is 0 Å². The molecule has 0 spiro atoms. The van der Waals surface area contributed by atoms with Crippen molar-refractivity contribution in [3.63, 3.8) is 0 Å². The monoisotopic (exact) mass is 216 g/mol. The van der Waals surface area contributed by atoms with Crippen molar-refractivity contribution >= 4 is 5.52 Å². The SMILES string of the molecule is Cc1cc2ccccn2c1C(CN)C(C)C. The molecule has 2 aromatic heterocycles. The number of aryl methyl sites for hydroxylation is 1. The van der Waals surface area contributed by atoms with Gasteiger partial charge in [-0.15, -0.1) is 0 Å². The second-order valence-electron chi connectivity index (χ2n) is 4.79. The Morgan fingerprint density at radius 2 is 2.06 bits per heavy atom. The van der Waals surface area contributed by atoms with Crippen LogP contribution in [0, 0.1) is 12.8 Å². The Hall–Kier alpha value is -1.28. The first-order valence-corrected chi connectivity index (χ1v) is 5.91. The minimum absolute atomic E-state index is 0.435. The van der Waals surface area contributed by atoms with Crippen molar-refractivity contribution < 1.29 is 0 Å². The first-order chi connectivity index (χ1) is 7.65. The summed E-state index contributed by atoms with van der Waals surface area (Å²) in [6.45, 7) is 7.35. The van der Waals surface area contributed by atoms with Crippen LogP contribution in [0.15, 0.2) is 30.5 Å². The smallest absolute Gasteiger partial charge is 0.0455 e. The molecule has 2 rings (SSSR count). The summed E-state index contributed by atoms with van der Waals surface area (Å²) in [7, 11) is 0. The van der Waals surface area contributed by atoms with Crippen LogP contribution in [0.3, 0.4) is 0 Å². The third-order valence-corrected chi connectivity index (χ3v) is 3.33. The molecule has 1 atom stereocenters. The fourth-order valence-electron chi connectivity index (χ4n) is 2.45. The quantitative estimate of drug-likeness (QED) is 0.840. The molecule has 2 N–H and O–H groups in total. The molecule has 0 amide bonds. The maximum atomic E-state index is 5.91. The molecule has 0 aliphatic carbocycles. The summed E-state index contributed by atoms with van der Waals surface area (Å²) in [5.74, 6) is 1.01. The van der Waals surface area contributed by atoms with Crippen molar-refractivity contribution in [2.24, 2.45) is 11.7 Å². The maximum Gasteiger partial charge on any atom is 0.0455 e. The molecule has 1 unspecified atom stereocenters. The van der Waals surface area contributed by atoms with Crippen LogP contribution in [0.25, 0.3) is 5.52 Å². The molecule has 2 heterocycles. The van der Waals surface area contributed by atoms with Crippen LogP contribution in [0.5, 0.6) is 0 Å². The number of nitrogens with two attached hydrogens (primary N) is 1. The van der Waals surface area contributed by atoms with E-state index >= 15 is 0 Å². The lowest BCUT2D eigenvalue weighted by atomic mass is 9.91. The van der Waals surface area contributed by atoms with Gasteiger partial charge in [-0.2, -0.15) is 0 Å². The van der Waals surface area contributed by atoms with Crippen LogP contribution in [0.4, 0.5) is 0 Å². The molecule has 0 fully saturated rings. The standard InChI is InChI=1S/C14H20N2/c1-10(2)13(9-15)14-11(3)8-12-6-4-5-7-16(12)14/h4-8,10,13H,9,15H2,1-3H3. The Kier molecular flexibility index (Phi) is 3.01. The zero-order chi connectivity index (χ0) is 11.7.